The number of nitrogens with zero attached hydrogens (tertiary/aromatic N) is 3. The van der Waals surface area contributed by atoms with Gasteiger partial charge < -0.3 is 19.3 Å². The van der Waals surface area contributed by atoms with E-state index >= 15 is 4.39 Å². The van der Waals surface area contributed by atoms with Gasteiger partial charge in [-0.25, -0.2) is 9.18 Å². The van der Waals surface area contributed by atoms with Crippen LogP contribution in [0.15, 0.2) is 47.2 Å². The number of nitrogens with one attached hydrogen (secondary N) is 1. The maximum atomic E-state index is 15.6. The number of halogens is 1. The summed E-state index contributed by atoms with van der Waals surface area (Å²) >= 11 is 0. The lowest BCUT2D eigenvalue weighted by Crippen LogP contribution is -2.27. The highest BCUT2D eigenvalue weighted by Crippen LogP contribution is 2.45. The number of methoxy groups -OCH3 is 1. The van der Waals surface area contributed by atoms with Crippen LogP contribution < -0.4 is 20.5 Å². The molecule has 2 N–H and O–H groups in total. The van der Waals surface area contributed by atoms with E-state index in [0.717, 1.165) is 35.7 Å². The molecule has 1 saturated heterocycles. The monoisotopic (exact) mass is 464 g/mol. The molecule has 1 saturated carbocycles. The number of rotatable bonds is 5. The topological polar surface area (TPSA) is 106 Å². The number of pyridine rings is 2. The maximum Gasteiger partial charge on any atom is 0.341 e. The van der Waals surface area contributed by atoms with Crippen molar-refractivity contribution in [2.75, 3.05) is 25.1 Å². The van der Waals surface area contributed by atoms with Crippen molar-refractivity contribution < 1.29 is 23.9 Å². The van der Waals surface area contributed by atoms with Crippen LogP contribution in [0.1, 0.15) is 34.8 Å². The Kier molecular flexibility index (Phi) is 4.59. The summed E-state index contributed by atoms with van der Waals surface area (Å²) in [7, 11) is 1.43. The Labute approximate surface area is 193 Å². The second-order valence-electron chi connectivity index (χ2n) is 8.68. The Bertz CT molecular complexity index is 1430. The Morgan fingerprint density at radius 3 is 2.88 bits per heavy atom. The fourth-order valence-electron chi connectivity index (χ4n) is 4.88. The number of benzene rings is 1. The van der Waals surface area contributed by atoms with Gasteiger partial charge in [-0.1, -0.05) is 0 Å². The van der Waals surface area contributed by atoms with E-state index in [1.54, 1.807) is 17.0 Å². The molecule has 4 heterocycles. The van der Waals surface area contributed by atoms with Crippen molar-refractivity contribution in [1.29, 1.82) is 0 Å². The predicted octanol–water partition coefficient (Wildman–Crippen LogP) is 2.71. The first-order chi connectivity index (χ1) is 16.5. The zero-order valence-corrected chi connectivity index (χ0v) is 18.2. The first-order valence-corrected chi connectivity index (χ1v) is 11.0. The smallest absolute Gasteiger partial charge is 0.341 e. The number of carbonyl (C=O) groups is 1. The molecular formula is C24H21FN4O5. The van der Waals surface area contributed by atoms with E-state index < -0.39 is 17.2 Å². The zero-order valence-electron chi connectivity index (χ0n) is 18.2. The fourth-order valence-corrected chi connectivity index (χ4v) is 4.88. The molecule has 1 unspecified atom stereocenters. The molecule has 10 heteroatoms. The average molecular weight is 464 g/mol. The summed E-state index contributed by atoms with van der Waals surface area (Å²) in [5.41, 5.74) is 5.14. The summed E-state index contributed by atoms with van der Waals surface area (Å²) < 4.78 is 23.0. The van der Waals surface area contributed by atoms with Crippen LogP contribution in [-0.4, -0.2) is 46.9 Å². The van der Waals surface area contributed by atoms with E-state index in [2.05, 4.69) is 10.5 Å². The molecule has 2 aromatic heterocycles. The second-order valence-corrected chi connectivity index (χ2v) is 8.68. The van der Waals surface area contributed by atoms with Crippen LogP contribution in [0.25, 0.3) is 16.6 Å². The molecule has 0 radical (unpaired) electrons. The van der Waals surface area contributed by atoms with Gasteiger partial charge in [0.2, 0.25) is 5.43 Å². The van der Waals surface area contributed by atoms with Gasteiger partial charge in [0.1, 0.15) is 17.4 Å². The van der Waals surface area contributed by atoms with Crippen molar-refractivity contribution in [1.82, 2.24) is 15.0 Å². The predicted molar refractivity (Wildman–Crippen MR) is 121 cm³/mol. The Hall–Kier alpha value is -3.92. The highest BCUT2D eigenvalue weighted by molar-refractivity contribution is 5.97. The van der Waals surface area contributed by atoms with E-state index in [0.29, 0.717) is 18.6 Å². The van der Waals surface area contributed by atoms with E-state index in [1.807, 2.05) is 17.0 Å². The minimum Gasteiger partial charge on any atom is -0.492 e. The van der Waals surface area contributed by atoms with Crippen LogP contribution in [0.4, 0.5) is 10.1 Å². The molecule has 174 valence electrons. The molecule has 0 amide bonds. The van der Waals surface area contributed by atoms with Crippen molar-refractivity contribution in [3.63, 3.8) is 0 Å². The van der Waals surface area contributed by atoms with Crippen molar-refractivity contribution in [3.05, 3.63) is 69.5 Å². The molecule has 0 bridgehead atoms. The summed E-state index contributed by atoms with van der Waals surface area (Å²) in [6.07, 6.45) is 6.18. The molecule has 2 aliphatic heterocycles. The quantitative estimate of drug-likeness (QED) is 0.594. The van der Waals surface area contributed by atoms with Crippen molar-refractivity contribution in [2.45, 2.75) is 25.0 Å². The minimum absolute atomic E-state index is 0.00234. The van der Waals surface area contributed by atoms with Gasteiger partial charge in [-0.15, -0.1) is 0 Å². The molecule has 3 aromatic rings. The lowest BCUT2D eigenvalue weighted by molar-refractivity contribution is 0.0578. The largest absolute Gasteiger partial charge is 0.492 e. The van der Waals surface area contributed by atoms with E-state index in [9.17, 15) is 14.7 Å². The molecule has 6 rings (SSSR count). The van der Waals surface area contributed by atoms with Crippen LogP contribution in [-0.2, 0) is 4.84 Å². The third-order valence-corrected chi connectivity index (χ3v) is 6.60. The van der Waals surface area contributed by atoms with Crippen LogP contribution in [0.2, 0.25) is 0 Å². The van der Waals surface area contributed by atoms with Crippen LogP contribution in [0.3, 0.4) is 0 Å². The number of fused-ring (bicyclic) bond motifs is 2. The van der Waals surface area contributed by atoms with E-state index in [1.165, 1.54) is 13.3 Å². The molecule has 3 aliphatic rings. The molecule has 1 atom stereocenters. The van der Waals surface area contributed by atoms with Crippen molar-refractivity contribution in [2.24, 2.45) is 0 Å². The molecule has 1 aliphatic carbocycles. The highest BCUT2D eigenvalue weighted by Gasteiger charge is 2.39. The maximum absolute atomic E-state index is 15.6. The first-order valence-electron chi connectivity index (χ1n) is 11.0. The molecule has 34 heavy (non-hydrogen) atoms. The molecule has 9 nitrogen and oxygen atoms in total. The van der Waals surface area contributed by atoms with E-state index in [4.69, 9.17) is 9.57 Å². The summed E-state index contributed by atoms with van der Waals surface area (Å²) in [6.45, 7) is 0.771. The third-order valence-electron chi connectivity index (χ3n) is 6.60. The van der Waals surface area contributed by atoms with E-state index in [-0.39, 0.29) is 34.5 Å². The highest BCUT2D eigenvalue weighted by atomic mass is 19.1. The number of carboxylic acids is 1. The lowest BCUT2D eigenvalue weighted by Gasteiger charge is -2.25. The van der Waals surface area contributed by atoms with Crippen molar-refractivity contribution in [3.8, 4) is 5.75 Å². The number of anilines is 1. The fraction of sp³-hybridized carbons (Fsp3) is 0.292. The summed E-state index contributed by atoms with van der Waals surface area (Å²) in [5.74, 6) is -1.77. The average Bonchev–Trinajstić information content (AvgIpc) is 3.47. The Morgan fingerprint density at radius 1 is 1.38 bits per heavy atom. The summed E-state index contributed by atoms with van der Waals surface area (Å²) in [4.78, 5) is 36.3. The van der Waals surface area contributed by atoms with Gasteiger partial charge in [0.05, 0.1) is 30.3 Å². The Balaban J connectivity index is 1.52. The molecule has 1 aromatic carbocycles. The number of aromatic nitrogens is 2. The van der Waals surface area contributed by atoms with Gasteiger partial charge >= 0.3 is 5.97 Å². The van der Waals surface area contributed by atoms with Crippen LogP contribution in [0.5, 0.6) is 5.75 Å². The van der Waals surface area contributed by atoms with Crippen molar-refractivity contribution >= 4 is 28.3 Å². The van der Waals surface area contributed by atoms with Gasteiger partial charge in [0, 0.05) is 42.3 Å². The lowest BCUT2D eigenvalue weighted by atomic mass is 10.1. The number of carboxylic acid groups (broad SMARTS) is 1. The first kappa shape index (κ1) is 20.7. The standard InChI is InChI=1S/C24H21FN4O5/c1-33-23-20-14(22(30)16(24(31)32)10-29(20)13-4-5-13)7-17(25)21(23)28-9-15-18(11-28)34-27-19(15)12-3-2-6-26-8-12/h2-3,6-8,10,13,18,27H,4-5,9,11H2,1H3,(H,31,32). The third kappa shape index (κ3) is 3.06. The minimum atomic E-state index is -1.34. The Morgan fingerprint density at radius 2 is 2.21 bits per heavy atom. The second kappa shape index (κ2) is 7.56. The number of aromatic carboxylic acids is 1. The van der Waals surface area contributed by atoms with Gasteiger partial charge in [-0.2, -0.15) is 0 Å². The van der Waals surface area contributed by atoms with Gasteiger partial charge in [-0.3, -0.25) is 20.1 Å². The van der Waals surface area contributed by atoms with Gasteiger partial charge in [0.15, 0.2) is 11.6 Å². The molecule has 0 spiro atoms. The normalized spacial score (nSPS) is 19.5. The van der Waals surface area contributed by atoms with Crippen LogP contribution in [0, 0.1) is 5.82 Å². The summed E-state index contributed by atoms with van der Waals surface area (Å²) in [6, 6.07) is 4.92. The SMILES string of the molecule is COc1c(N2CC3=C(c4cccnc4)NOC3C2)c(F)cc2c(=O)c(C(=O)O)cn(C3CC3)c12. The van der Waals surface area contributed by atoms with Crippen LogP contribution >= 0.6 is 0 Å². The number of hydroxylamine groups is 1. The summed E-state index contributed by atoms with van der Waals surface area (Å²) in [5, 5.41) is 9.51. The zero-order chi connectivity index (χ0) is 23.6. The number of ether oxygens (including phenoxy) is 1. The van der Waals surface area contributed by atoms with Gasteiger partial charge in [-0.05, 0) is 31.0 Å². The number of hydrogen-bond acceptors (Lipinski definition) is 7. The number of hydrogen-bond donors (Lipinski definition) is 2. The molecule has 2 fully saturated rings. The molecular weight excluding hydrogens is 443 g/mol. The van der Waals surface area contributed by atoms with Gasteiger partial charge in [0.25, 0.3) is 0 Å².